The summed E-state index contributed by atoms with van der Waals surface area (Å²) in [6.07, 6.45) is -4.54. The molecule has 0 fully saturated rings. The maximum atomic E-state index is 11.8. The van der Waals surface area contributed by atoms with Gasteiger partial charge in [0.2, 0.25) is 0 Å². The zero-order valence-electron chi connectivity index (χ0n) is 9.61. The van der Waals surface area contributed by atoms with Crippen molar-refractivity contribution in [2.45, 2.75) is 32.7 Å². The van der Waals surface area contributed by atoms with Gasteiger partial charge in [-0.1, -0.05) is 0 Å². The summed E-state index contributed by atoms with van der Waals surface area (Å²) in [4.78, 5) is 11.2. The zero-order valence-corrected chi connectivity index (χ0v) is 9.61. The van der Waals surface area contributed by atoms with E-state index < -0.39 is 18.0 Å². The molecule has 0 spiro atoms. The first-order valence-corrected chi connectivity index (χ1v) is 4.58. The Kier molecular flexibility index (Phi) is 4.99. The molecule has 0 radical (unpaired) electrons. The maximum Gasteiger partial charge on any atom is 0.481 e. The van der Waals surface area contributed by atoms with E-state index in [0.717, 1.165) is 5.32 Å². The van der Waals surface area contributed by atoms with Gasteiger partial charge in [0.05, 0.1) is 5.70 Å². The van der Waals surface area contributed by atoms with Crippen LogP contribution in [0.1, 0.15) is 20.8 Å². The standard InChI is InChI=1S/C9H14F3N3O2/c1-8(2,3)17-7(16)15-6(4-13)5-14-9(10,11)12/h4-5,13-14H,1-3H3,(H,15,16)/b6-5+,13-4?. The fourth-order valence-electron chi connectivity index (χ4n) is 0.695. The lowest BCUT2D eigenvalue weighted by Gasteiger charge is -2.19. The number of rotatable bonds is 3. The molecular formula is C9H14F3N3O2. The Morgan fingerprint density at radius 3 is 2.18 bits per heavy atom. The molecule has 0 saturated heterocycles. The van der Waals surface area contributed by atoms with Crippen LogP contribution in [-0.2, 0) is 4.74 Å². The third-order valence-corrected chi connectivity index (χ3v) is 1.19. The van der Waals surface area contributed by atoms with Crippen molar-refractivity contribution in [3.05, 3.63) is 11.9 Å². The van der Waals surface area contributed by atoms with E-state index in [9.17, 15) is 18.0 Å². The molecule has 0 aromatic heterocycles. The highest BCUT2D eigenvalue weighted by Gasteiger charge is 2.25. The average Bonchev–Trinajstić information content (AvgIpc) is 2.07. The van der Waals surface area contributed by atoms with Crippen molar-refractivity contribution < 1.29 is 22.7 Å². The van der Waals surface area contributed by atoms with Crippen molar-refractivity contribution in [1.82, 2.24) is 10.6 Å². The molecular weight excluding hydrogens is 239 g/mol. The summed E-state index contributed by atoms with van der Waals surface area (Å²) in [6, 6.07) is 0. The van der Waals surface area contributed by atoms with Crippen molar-refractivity contribution in [2.75, 3.05) is 0 Å². The molecule has 17 heavy (non-hydrogen) atoms. The third-order valence-electron chi connectivity index (χ3n) is 1.19. The summed E-state index contributed by atoms with van der Waals surface area (Å²) < 4.78 is 40.2. The minimum atomic E-state index is -4.62. The van der Waals surface area contributed by atoms with Gasteiger partial charge in [0.1, 0.15) is 5.60 Å². The second-order valence-electron chi connectivity index (χ2n) is 4.01. The topological polar surface area (TPSA) is 74.2 Å². The van der Waals surface area contributed by atoms with Crippen LogP contribution in [0, 0.1) is 5.41 Å². The molecule has 0 aromatic carbocycles. The molecule has 0 aromatic rings. The van der Waals surface area contributed by atoms with Gasteiger partial charge >= 0.3 is 12.4 Å². The molecule has 0 atom stereocenters. The summed E-state index contributed by atoms with van der Waals surface area (Å²) in [5.74, 6) is 0. The van der Waals surface area contributed by atoms with Crippen LogP contribution in [0.3, 0.4) is 0 Å². The predicted molar refractivity (Wildman–Crippen MR) is 55.4 cm³/mol. The van der Waals surface area contributed by atoms with E-state index in [4.69, 9.17) is 10.1 Å². The van der Waals surface area contributed by atoms with E-state index in [2.05, 4.69) is 0 Å². The number of alkyl carbamates (subject to hydrolysis) is 1. The van der Waals surface area contributed by atoms with Gasteiger partial charge in [-0.25, -0.2) is 4.79 Å². The summed E-state index contributed by atoms with van der Waals surface area (Å²) in [6.45, 7) is 4.82. The Hall–Kier alpha value is -1.73. The number of hydrogen-bond acceptors (Lipinski definition) is 4. The van der Waals surface area contributed by atoms with Gasteiger partial charge in [-0.05, 0) is 20.8 Å². The van der Waals surface area contributed by atoms with Gasteiger partial charge in [0, 0.05) is 12.4 Å². The van der Waals surface area contributed by atoms with Crippen molar-refractivity contribution in [2.24, 2.45) is 0 Å². The van der Waals surface area contributed by atoms with E-state index in [1.807, 2.05) is 5.32 Å². The number of carbonyl (C=O) groups is 1. The van der Waals surface area contributed by atoms with E-state index >= 15 is 0 Å². The van der Waals surface area contributed by atoms with Crippen LogP contribution < -0.4 is 10.6 Å². The number of hydrogen-bond donors (Lipinski definition) is 3. The van der Waals surface area contributed by atoms with Crippen molar-refractivity contribution >= 4 is 12.3 Å². The zero-order chi connectivity index (χ0) is 13.7. The van der Waals surface area contributed by atoms with Gasteiger partial charge < -0.3 is 15.5 Å². The summed E-state index contributed by atoms with van der Waals surface area (Å²) in [7, 11) is 0. The lowest BCUT2D eigenvalue weighted by Crippen LogP contribution is -2.34. The minimum Gasteiger partial charge on any atom is -0.444 e. The monoisotopic (exact) mass is 253 g/mol. The smallest absolute Gasteiger partial charge is 0.444 e. The van der Waals surface area contributed by atoms with E-state index in [1.54, 1.807) is 20.8 Å². The molecule has 0 aliphatic rings. The number of allylic oxidation sites excluding steroid dienone is 1. The number of carbonyl (C=O) groups excluding carboxylic acids is 1. The molecule has 0 heterocycles. The van der Waals surface area contributed by atoms with Crippen LogP contribution in [0.2, 0.25) is 0 Å². The Morgan fingerprint density at radius 1 is 1.29 bits per heavy atom. The highest BCUT2D eigenvalue weighted by molar-refractivity contribution is 5.83. The first-order chi connectivity index (χ1) is 7.53. The lowest BCUT2D eigenvalue weighted by molar-refractivity contribution is -0.147. The largest absolute Gasteiger partial charge is 0.481 e. The van der Waals surface area contributed by atoms with Gasteiger partial charge in [0.15, 0.2) is 0 Å². The molecule has 3 N–H and O–H groups in total. The number of nitrogens with one attached hydrogen (secondary N) is 3. The molecule has 0 rings (SSSR count). The molecule has 0 bridgehead atoms. The minimum absolute atomic E-state index is 0.364. The fourth-order valence-corrected chi connectivity index (χ4v) is 0.695. The van der Waals surface area contributed by atoms with Crippen LogP contribution in [0.15, 0.2) is 11.9 Å². The van der Waals surface area contributed by atoms with Gasteiger partial charge in [-0.15, -0.1) is 0 Å². The van der Waals surface area contributed by atoms with Crippen molar-refractivity contribution in [3.63, 3.8) is 0 Å². The Morgan fingerprint density at radius 2 is 1.82 bits per heavy atom. The summed E-state index contributed by atoms with van der Waals surface area (Å²) >= 11 is 0. The highest BCUT2D eigenvalue weighted by atomic mass is 19.4. The molecule has 98 valence electrons. The Bertz CT molecular complexity index is 318. The molecule has 1 amide bonds. The quantitative estimate of drug-likeness (QED) is 0.532. The summed E-state index contributed by atoms with van der Waals surface area (Å²) in [5, 5.41) is 9.87. The van der Waals surface area contributed by atoms with Crippen molar-refractivity contribution in [3.8, 4) is 0 Å². The predicted octanol–water partition coefficient (Wildman–Crippen LogP) is 2.11. The van der Waals surface area contributed by atoms with E-state index in [-0.39, 0.29) is 5.70 Å². The number of halogens is 3. The third kappa shape index (κ3) is 9.21. The normalized spacial score (nSPS) is 12.9. The molecule has 0 aliphatic carbocycles. The van der Waals surface area contributed by atoms with Crippen LogP contribution in [0.5, 0.6) is 0 Å². The van der Waals surface area contributed by atoms with Crippen LogP contribution in [-0.4, -0.2) is 24.2 Å². The Labute approximate surface area is 96.5 Å². The number of ether oxygens (including phenoxy) is 1. The molecule has 0 unspecified atom stereocenters. The lowest BCUT2D eigenvalue weighted by atomic mass is 10.2. The SMILES string of the molecule is CC(C)(C)OC(=O)N/C(C=N)=C/NC(F)(F)F. The highest BCUT2D eigenvalue weighted by Crippen LogP contribution is 2.10. The van der Waals surface area contributed by atoms with Crippen LogP contribution in [0.4, 0.5) is 18.0 Å². The fraction of sp³-hybridized carbons (Fsp3) is 0.556. The maximum absolute atomic E-state index is 11.8. The van der Waals surface area contributed by atoms with Gasteiger partial charge in [0.25, 0.3) is 0 Å². The van der Waals surface area contributed by atoms with Gasteiger partial charge in [-0.3, -0.25) is 5.32 Å². The molecule has 0 aliphatic heterocycles. The number of amides is 1. The summed E-state index contributed by atoms with van der Waals surface area (Å²) in [5.41, 5.74) is -1.13. The second kappa shape index (κ2) is 5.55. The molecule has 5 nitrogen and oxygen atoms in total. The Balaban J connectivity index is 4.41. The van der Waals surface area contributed by atoms with E-state index in [0.29, 0.717) is 12.4 Å². The van der Waals surface area contributed by atoms with Crippen molar-refractivity contribution in [1.29, 1.82) is 5.41 Å². The van der Waals surface area contributed by atoms with Gasteiger partial charge in [-0.2, -0.15) is 13.2 Å². The van der Waals surface area contributed by atoms with Crippen LogP contribution >= 0.6 is 0 Å². The number of alkyl halides is 3. The second-order valence-corrected chi connectivity index (χ2v) is 4.01. The first kappa shape index (κ1) is 15.3. The van der Waals surface area contributed by atoms with Crippen LogP contribution in [0.25, 0.3) is 0 Å². The first-order valence-electron chi connectivity index (χ1n) is 4.58. The van der Waals surface area contributed by atoms with E-state index in [1.165, 1.54) is 0 Å². The molecule has 8 heteroatoms. The average molecular weight is 253 g/mol. The molecule has 0 saturated carbocycles.